The molecule has 1 aliphatic rings. The third-order valence-electron chi connectivity index (χ3n) is 5.57. The van der Waals surface area contributed by atoms with Gasteiger partial charge in [-0.1, -0.05) is 11.6 Å². The van der Waals surface area contributed by atoms with E-state index in [0.29, 0.717) is 37.9 Å². The van der Waals surface area contributed by atoms with Gasteiger partial charge in [0.1, 0.15) is 11.9 Å². The Morgan fingerprint density at radius 1 is 1.27 bits per heavy atom. The number of anilines is 1. The zero-order valence-corrected chi connectivity index (χ0v) is 19.9. The first-order chi connectivity index (χ1) is 15.9. The first-order valence-electron chi connectivity index (χ1n) is 10.9. The Bertz CT molecular complexity index is 1090. The van der Waals surface area contributed by atoms with Gasteiger partial charge in [0.05, 0.1) is 36.8 Å². The highest BCUT2D eigenvalue weighted by Crippen LogP contribution is 2.23. The van der Waals surface area contributed by atoms with Crippen LogP contribution < -0.4 is 10.1 Å². The van der Waals surface area contributed by atoms with Crippen LogP contribution in [0.15, 0.2) is 36.5 Å². The molecule has 3 heterocycles. The summed E-state index contributed by atoms with van der Waals surface area (Å²) in [5, 5.41) is 12.5. The number of hydrogen-bond acceptors (Lipinski definition) is 6. The molecule has 1 fully saturated rings. The lowest BCUT2D eigenvalue weighted by atomic mass is 10.2. The maximum absolute atomic E-state index is 12.5. The van der Waals surface area contributed by atoms with Gasteiger partial charge in [0.15, 0.2) is 0 Å². The van der Waals surface area contributed by atoms with E-state index in [0.717, 1.165) is 34.9 Å². The first kappa shape index (κ1) is 23.3. The normalized spacial score (nSPS) is 16.7. The second-order valence-electron chi connectivity index (χ2n) is 8.18. The Hall–Kier alpha value is -2.88. The number of rotatable bonds is 8. The van der Waals surface area contributed by atoms with Crippen molar-refractivity contribution in [1.82, 2.24) is 24.5 Å². The molecule has 1 saturated heterocycles. The van der Waals surface area contributed by atoms with Crippen molar-refractivity contribution in [2.75, 3.05) is 38.2 Å². The van der Waals surface area contributed by atoms with Gasteiger partial charge in [0.25, 0.3) is 0 Å². The van der Waals surface area contributed by atoms with Crippen LogP contribution in [0.2, 0.25) is 5.02 Å². The van der Waals surface area contributed by atoms with Crippen molar-refractivity contribution in [3.8, 4) is 5.75 Å². The molecule has 1 aromatic carbocycles. The quantitative estimate of drug-likeness (QED) is 0.542. The van der Waals surface area contributed by atoms with Gasteiger partial charge in [-0.2, -0.15) is 10.2 Å². The average molecular weight is 473 g/mol. The highest BCUT2D eigenvalue weighted by Gasteiger charge is 2.26. The molecular weight excluding hydrogens is 444 g/mol. The molecule has 9 nitrogen and oxygen atoms in total. The third kappa shape index (κ3) is 6.13. The molecule has 1 aliphatic heterocycles. The van der Waals surface area contributed by atoms with E-state index in [1.807, 2.05) is 50.0 Å². The molecule has 4 rings (SSSR count). The number of morpholine rings is 1. The lowest BCUT2D eigenvalue weighted by Crippen LogP contribution is -2.42. The predicted octanol–water partition coefficient (Wildman–Crippen LogP) is 2.75. The molecule has 1 amide bonds. The summed E-state index contributed by atoms with van der Waals surface area (Å²) in [5.74, 6) is 0.723. The molecule has 0 bridgehead atoms. The molecule has 0 radical (unpaired) electrons. The van der Waals surface area contributed by atoms with E-state index >= 15 is 0 Å². The molecule has 0 saturated carbocycles. The van der Waals surface area contributed by atoms with Crippen LogP contribution >= 0.6 is 11.6 Å². The minimum atomic E-state index is -0.177. The van der Waals surface area contributed by atoms with E-state index in [9.17, 15) is 4.79 Å². The third-order valence-corrected chi connectivity index (χ3v) is 5.82. The summed E-state index contributed by atoms with van der Waals surface area (Å²) < 4.78 is 15.3. The fourth-order valence-corrected chi connectivity index (χ4v) is 3.99. The Kier molecular flexibility index (Phi) is 7.32. The Labute approximate surface area is 198 Å². The molecule has 1 atom stereocenters. The number of aryl methyl sites for hydroxylation is 3. The highest BCUT2D eigenvalue weighted by molar-refractivity contribution is 6.30. The maximum Gasteiger partial charge on any atom is 0.238 e. The number of benzene rings is 1. The molecule has 0 unspecified atom stereocenters. The number of carbonyl (C=O) groups excluding carboxylic acids is 1. The fourth-order valence-electron chi connectivity index (χ4n) is 3.87. The number of halogens is 1. The van der Waals surface area contributed by atoms with E-state index < -0.39 is 0 Å². The molecular formula is C23H29ClN6O3. The predicted molar refractivity (Wildman–Crippen MR) is 126 cm³/mol. The number of hydrogen-bond donors (Lipinski definition) is 1. The summed E-state index contributed by atoms with van der Waals surface area (Å²) in [6.45, 7) is 4.56. The monoisotopic (exact) mass is 472 g/mol. The van der Waals surface area contributed by atoms with Crippen LogP contribution in [0.25, 0.3) is 0 Å². The largest absolute Gasteiger partial charge is 0.493 e. The number of nitrogens with zero attached hydrogens (tertiary/aromatic N) is 5. The minimum Gasteiger partial charge on any atom is -0.493 e. The van der Waals surface area contributed by atoms with E-state index in [2.05, 4.69) is 26.5 Å². The summed E-state index contributed by atoms with van der Waals surface area (Å²) >= 11 is 5.91. The van der Waals surface area contributed by atoms with Crippen LogP contribution in [0.1, 0.15) is 23.2 Å². The van der Waals surface area contributed by atoms with Crippen molar-refractivity contribution in [1.29, 1.82) is 0 Å². The van der Waals surface area contributed by atoms with Gasteiger partial charge in [-0.3, -0.25) is 19.1 Å². The second kappa shape index (κ2) is 10.4. The molecule has 33 heavy (non-hydrogen) atoms. The lowest BCUT2D eigenvalue weighted by molar-refractivity contribution is -0.119. The molecule has 2 aromatic heterocycles. The smallest absolute Gasteiger partial charge is 0.238 e. The number of aromatic nitrogens is 4. The SMILES string of the molecule is Cc1nn(C)cc1NC(=O)CN1CCO[C@H](c2cc(CCOc3ccc(Cl)cc3)n(C)n2)C1. The van der Waals surface area contributed by atoms with Gasteiger partial charge in [-0.05, 0) is 37.3 Å². The van der Waals surface area contributed by atoms with Crippen molar-refractivity contribution in [2.24, 2.45) is 14.1 Å². The number of amides is 1. The molecule has 3 aromatic rings. The number of carbonyl (C=O) groups is 1. The van der Waals surface area contributed by atoms with Gasteiger partial charge in [-0.25, -0.2) is 0 Å². The van der Waals surface area contributed by atoms with Gasteiger partial charge >= 0.3 is 0 Å². The van der Waals surface area contributed by atoms with Gasteiger partial charge in [0.2, 0.25) is 5.91 Å². The van der Waals surface area contributed by atoms with Crippen molar-refractivity contribution in [3.05, 3.63) is 58.6 Å². The zero-order valence-electron chi connectivity index (χ0n) is 19.1. The first-order valence-corrected chi connectivity index (χ1v) is 11.3. The molecule has 0 spiro atoms. The van der Waals surface area contributed by atoms with Crippen LogP contribution in [-0.4, -0.2) is 63.2 Å². The Morgan fingerprint density at radius 2 is 2.06 bits per heavy atom. The van der Waals surface area contributed by atoms with Crippen molar-refractivity contribution >= 4 is 23.2 Å². The van der Waals surface area contributed by atoms with Crippen LogP contribution in [-0.2, 0) is 30.0 Å². The van der Waals surface area contributed by atoms with E-state index in [1.54, 1.807) is 10.9 Å². The lowest BCUT2D eigenvalue weighted by Gasteiger charge is -2.31. The molecule has 1 N–H and O–H groups in total. The number of ether oxygens (including phenoxy) is 2. The molecule has 176 valence electrons. The minimum absolute atomic E-state index is 0.0622. The Morgan fingerprint density at radius 3 is 2.79 bits per heavy atom. The fraction of sp³-hybridized carbons (Fsp3) is 0.435. The van der Waals surface area contributed by atoms with Crippen LogP contribution in [0.5, 0.6) is 5.75 Å². The average Bonchev–Trinajstić information content (AvgIpc) is 3.30. The highest BCUT2D eigenvalue weighted by atomic mass is 35.5. The summed E-state index contributed by atoms with van der Waals surface area (Å²) in [6.07, 6.45) is 2.35. The van der Waals surface area contributed by atoms with E-state index in [4.69, 9.17) is 21.1 Å². The summed E-state index contributed by atoms with van der Waals surface area (Å²) in [6, 6.07) is 9.38. The molecule has 10 heteroatoms. The number of nitrogens with one attached hydrogen (secondary N) is 1. The summed E-state index contributed by atoms with van der Waals surface area (Å²) in [7, 11) is 3.76. The van der Waals surface area contributed by atoms with Crippen LogP contribution in [0, 0.1) is 6.92 Å². The molecule has 0 aliphatic carbocycles. The van der Waals surface area contributed by atoms with Crippen molar-refractivity contribution in [3.63, 3.8) is 0 Å². The van der Waals surface area contributed by atoms with Gasteiger partial charge in [0, 0.05) is 50.5 Å². The zero-order chi connectivity index (χ0) is 23.4. The van der Waals surface area contributed by atoms with E-state index in [-0.39, 0.29) is 12.0 Å². The van der Waals surface area contributed by atoms with Gasteiger partial charge < -0.3 is 14.8 Å². The second-order valence-corrected chi connectivity index (χ2v) is 8.62. The van der Waals surface area contributed by atoms with E-state index in [1.165, 1.54) is 0 Å². The summed E-state index contributed by atoms with van der Waals surface area (Å²) in [5.41, 5.74) is 3.46. The maximum atomic E-state index is 12.5. The topological polar surface area (TPSA) is 86.4 Å². The van der Waals surface area contributed by atoms with Crippen LogP contribution in [0.4, 0.5) is 5.69 Å². The van der Waals surface area contributed by atoms with Gasteiger partial charge in [-0.15, -0.1) is 0 Å². The standard InChI is InChI=1S/C23H29ClN6O3/c1-16-21(13-28(2)26-16)25-23(31)15-30-9-11-33-22(14-30)20-12-18(29(3)27-20)8-10-32-19-6-4-17(24)5-7-19/h4-7,12-13,22H,8-11,14-15H2,1-3H3,(H,25,31)/t22-/m0/s1. The Balaban J connectivity index is 1.30. The van der Waals surface area contributed by atoms with Crippen molar-refractivity contribution < 1.29 is 14.3 Å². The van der Waals surface area contributed by atoms with Crippen LogP contribution in [0.3, 0.4) is 0 Å². The summed E-state index contributed by atoms with van der Waals surface area (Å²) in [4.78, 5) is 14.6. The van der Waals surface area contributed by atoms with Crippen molar-refractivity contribution in [2.45, 2.75) is 19.4 Å².